The highest BCUT2D eigenvalue weighted by atomic mass is 19.2. The van der Waals surface area contributed by atoms with Gasteiger partial charge in [0.05, 0.1) is 19.8 Å². The fraction of sp³-hybridized carbons (Fsp3) is 0.538. The van der Waals surface area contributed by atoms with E-state index in [1.807, 2.05) is 0 Å². The molecule has 1 fully saturated rings. The predicted octanol–water partition coefficient (Wildman–Crippen LogP) is 3.00. The minimum absolute atomic E-state index is 0.0811. The van der Waals surface area contributed by atoms with Crippen molar-refractivity contribution in [1.82, 2.24) is 0 Å². The minimum Gasteiger partial charge on any atom is -0.490 e. The highest BCUT2D eigenvalue weighted by Crippen LogP contribution is 2.31. The van der Waals surface area contributed by atoms with Gasteiger partial charge in [-0.1, -0.05) is 6.92 Å². The SMILES string of the molecule is CCc1c(F)c(F)c(C)c(OCC2COC2)c1F. The fourth-order valence-corrected chi connectivity index (χ4v) is 1.86. The molecule has 2 nitrogen and oxygen atoms in total. The van der Waals surface area contributed by atoms with Gasteiger partial charge >= 0.3 is 0 Å². The van der Waals surface area contributed by atoms with Crippen molar-refractivity contribution in [2.24, 2.45) is 5.92 Å². The zero-order chi connectivity index (χ0) is 13.3. The van der Waals surface area contributed by atoms with Crippen LogP contribution < -0.4 is 4.74 Å². The second kappa shape index (κ2) is 5.18. The van der Waals surface area contributed by atoms with Gasteiger partial charge in [0.25, 0.3) is 0 Å². The molecule has 1 heterocycles. The highest BCUT2D eigenvalue weighted by molar-refractivity contribution is 5.41. The van der Waals surface area contributed by atoms with Gasteiger partial charge < -0.3 is 9.47 Å². The Kier molecular flexibility index (Phi) is 3.80. The van der Waals surface area contributed by atoms with Gasteiger partial charge in [-0.25, -0.2) is 13.2 Å². The van der Waals surface area contributed by atoms with E-state index in [1.54, 1.807) is 6.92 Å². The fourth-order valence-electron chi connectivity index (χ4n) is 1.86. The van der Waals surface area contributed by atoms with Crippen molar-refractivity contribution in [2.75, 3.05) is 19.8 Å². The third kappa shape index (κ3) is 2.19. The maximum absolute atomic E-state index is 14.0. The summed E-state index contributed by atoms with van der Waals surface area (Å²) in [6.45, 7) is 4.26. The lowest BCUT2D eigenvalue weighted by molar-refractivity contribution is -0.0514. The maximum atomic E-state index is 14.0. The summed E-state index contributed by atoms with van der Waals surface area (Å²) in [5.41, 5.74) is -0.389. The third-order valence-electron chi connectivity index (χ3n) is 3.12. The van der Waals surface area contributed by atoms with Crippen molar-refractivity contribution < 1.29 is 22.6 Å². The second-order valence-electron chi connectivity index (χ2n) is 4.44. The molecule has 2 rings (SSSR count). The summed E-state index contributed by atoms with van der Waals surface area (Å²) >= 11 is 0. The molecule has 1 saturated heterocycles. The van der Waals surface area contributed by atoms with Gasteiger partial charge in [0.1, 0.15) is 0 Å². The summed E-state index contributed by atoms with van der Waals surface area (Å²) in [4.78, 5) is 0. The highest BCUT2D eigenvalue weighted by Gasteiger charge is 2.25. The Morgan fingerprint density at radius 1 is 1.17 bits per heavy atom. The molecule has 0 aromatic heterocycles. The molecule has 0 unspecified atom stereocenters. The van der Waals surface area contributed by atoms with Gasteiger partial charge in [-0.15, -0.1) is 0 Å². The molecule has 0 amide bonds. The molecule has 0 radical (unpaired) electrons. The lowest BCUT2D eigenvalue weighted by atomic mass is 10.1. The molecular weight excluding hydrogens is 245 g/mol. The van der Waals surface area contributed by atoms with E-state index in [-0.39, 0.29) is 35.8 Å². The topological polar surface area (TPSA) is 18.5 Å². The van der Waals surface area contributed by atoms with Crippen LogP contribution in [0, 0.1) is 30.3 Å². The number of ether oxygens (including phenoxy) is 2. The first kappa shape index (κ1) is 13.2. The number of halogens is 3. The zero-order valence-corrected chi connectivity index (χ0v) is 10.4. The van der Waals surface area contributed by atoms with Crippen LogP contribution >= 0.6 is 0 Å². The van der Waals surface area contributed by atoms with Crippen LogP contribution in [0.1, 0.15) is 18.1 Å². The smallest absolute Gasteiger partial charge is 0.171 e. The van der Waals surface area contributed by atoms with Crippen LogP contribution in [0.4, 0.5) is 13.2 Å². The van der Waals surface area contributed by atoms with Crippen LogP contribution in [0.5, 0.6) is 5.75 Å². The molecule has 1 aliphatic heterocycles. The van der Waals surface area contributed by atoms with Gasteiger partial charge in [-0.2, -0.15) is 0 Å². The Morgan fingerprint density at radius 3 is 2.33 bits per heavy atom. The average Bonchev–Trinajstić information content (AvgIpc) is 2.29. The predicted molar refractivity (Wildman–Crippen MR) is 60.2 cm³/mol. The second-order valence-corrected chi connectivity index (χ2v) is 4.44. The summed E-state index contributed by atoms with van der Waals surface area (Å²) < 4.78 is 51.3. The van der Waals surface area contributed by atoms with Gasteiger partial charge in [-0.05, 0) is 13.3 Å². The summed E-state index contributed by atoms with van der Waals surface area (Å²) in [7, 11) is 0. The number of rotatable bonds is 4. The lowest BCUT2D eigenvalue weighted by Gasteiger charge is -2.26. The minimum atomic E-state index is -1.12. The first-order chi connectivity index (χ1) is 8.56. The van der Waals surface area contributed by atoms with E-state index in [2.05, 4.69) is 0 Å². The van der Waals surface area contributed by atoms with Crippen LogP contribution in [-0.4, -0.2) is 19.8 Å². The molecular formula is C13H15F3O2. The zero-order valence-electron chi connectivity index (χ0n) is 10.4. The summed E-state index contributed by atoms with van der Waals surface area (Å²) in [6, 6.07) is 0. The van der Waals surface area contributed by atoms with Gasteiger partial charge in [0, 0.05) is 17.0 Å². The normalized spacial score (nSPS) is 15.6. The van der Waals surface area contributed by atoms with E-state index >= 15 is 0 Å². The molecule has 1 aromatic carbocycles. The van der Waals surface area contributed by atoms with E-state index in [1.165, 1.54) is 6.92 Å². The molecule has 100 valence electrons. The molecule has 1 aliphatic rings. The van der Waals surface area contributed by atoms with Crippen LogP contribution in [0.2, 0.25) is 0 Å². The van der Waals surface area contributed by atoms with Gasteiger partial charge in [0.2, 0.25) is 0 Å². The number of hydrogen-bond donors (Lipinski definition) is 0. The lowest BCUT2D eigenvalue weighted by Crippen LogP contribution is -2.33. The molecule has 0 saturated carbocycles. The van der Waals surface area contributed by atoms with Crippen molar-refractivity contribution in [3.8, 4) is 5.75 Å². The quantitative estimate of drug-likeness (QED) is 0.775. The Labute approximate surface area is 104 Å². The average molecular weight is 260 g/mol. The van der Waals surface area contributed by atoms with Crippen LogP contribution in [0.15, 0.2) is 0 Å². The molecule has 0 spiro atoms. The summed E-state index contributed by atoms with van der Waals surface area (Å²) in [5, 5.41) is 0. The van der Waals surface area contributed by atoms with Crippen LogP contribution in [0.3, 0.4) is 0 Å². The Bertz CT molecular complexity index is 456. The number of hydrogen-bond acceptors (Lipinski definition) is 2. The molecule has 0 N–H and O–H groups in total. The molecule has 5 heteroatoms. The Morgan fingerprint density at radius 2 is 1.83 bits per heavy atom. The van der Waals surface area contributed by atoms with Gasteiger partial charge in [0.15, 0.2) is 23.2 Å². The Balaban J connectivity index is 2.29. The van der Waals surface area contributed by atoms with E-state index < -0.39 is 17.5 Å². The van der Waals surface area contributed by atoms with E-state index in [4.69, 9.17) is 9.47 Å². The van der Waals surface area contributed by atoms with Crippen molar-refractivity contribution >= 4 is 0 Å². The molecule has 1 aromatic rings. The molecule has 0 bridgehead atoms. The Hall–Kier alpha value is -1.23. The third-order valence-corrected chi connectivity index (χ3v) is 3.12. The molecule has 18 heavy (non-hydrogen) atoms. The standard InChI is InChI=1S/C13H15F3O2/c1-3-9-11(15)10(14)7(2)13(12(9)16)18-6-8-4-17-5-8/h8H,3-6H2,1-2H3. The largest absolute Gasteiger partial charge is 0.490 e. The number of benzene rings is 1. The van der Waals surface area contributed by atoms with Crippen molar-refractivity contribution in [3.63, 3.8) is 0 Å². The monoisotopic (exact) mass is 260 g/mol. The van der Waals surface area contributed by atoms with Crippen LogP contribution in [-0.2, 0) is 11.2 Å². The van der Waals surface area contributed by atoms with E-state index in [0.29, 0.717) is 13.2 Å². The van der Waals surface area contributed by atoms with E-state index in [0.717, 1.165) is 0 Å². The van der Waals surface area contributed by atoms with E-state index in [9.17, 15) is 13.2 Å². The molecule has 0 atom stereocenters. The van der Waals surface area contributed by atoms with Crippen LogP contribution in [0.25, 0.3) is 0 Å². The van der Waals surface area contributed by atoms with Crippen molar-refractivity contribution in [2.45, 2.75) is 20.3 Å². The maximum Gasteiger partial charge on any atom is 0.171 e. The van der Waals surface area contributed by atoms with Crippen molar-refractivity contribution in [1.29, 1.82) is 0 Å². The first-order valence-electron chi connectivity index (χ1n) is 5.92. The first-order valence-corrected chi connectivity index (χ1v) is 5.92. The summed E-state index contributed by atoms with van der Waals surface area (Å²) in [6.07, 6.45) is 0.0811. The summed E-state index contributed by atoms with van der Waals surface area (Å²) in [5.74, 6) is -2.94. The molecule has 0 aliphatic carbocycles. The van der Waals surface area contributed by atoms with Crippen molar-refractivity contribution in [3.05, 3.63) is 28.6 Å². The van der Waals surface area contributed by atoms with Gasteiger partial charge in [-0.3, -0.25) is 0 Å².